The van der Waals surface area contributed by atoms with Crippen LogP contribution in [0.5, 0.6) is 0 Å². The summed E-state index contributed by atoms with van der Waals surface area (Å²) in [5, 5.41) is 3.82. The van der Waals surface area contributed by atoms with Crippen LogP contribution in [0.2, 0.25) is 5.02 Å². The normalized spacial score (nSPS) is 10.5. The first-order valence-electron chi connectivity index (χ1n) is 6.33. The van der Waals surface area contributed by atoms with Gasteiger partial charge in [0, 0.05) is 10.1 Å². The lowest BCUT2D eigenvalue weighted by atomic mass is 10.2. The molecule has 0 saturated heterocycles. The molecular weight excluding hydrogens is 362 g/mol. The lowest BCUT2D eigenvalue weighted by Crippen LogP contribution is -2.27. The molecule has 116 valence electrons. The molecule has 0 bridgehead atoms. The summed E-state index contributed by atoms with van der Waals surface area (Å²) in [6.07, 6.45) is 0. The van der Waals surface area contributed by atoms with Gasteiger partial charge in [0.1, 0.15) is 9.20 Å². The fourth-order valence-corrected chi connectivity index (χ4v) is 3.85. The number of hydrogen-bond acceptors (Lipinski definition) is 6. The summed E-state index contributed by atoms with van der Waals surface area (Å²) in [5.74, 6) is -0.677. The molecular formula is C14H12ClNO3S3. The molecule has 4 nitrogen and oxygen atoms in total. The third-order valence-electron chi connectivity index (χ3n) is 2.58. The predicted molar refractivity (Wildman–Crippen MR) is 96.0 cm³/mol. The number of fused-ring (bicyclic) bond motifs is 1. The molecule has 1 amide bonds. The van der Waals surface area contributed by atoms with E-state index in [1.807, 2.05) is 24.3 Å². The second-order valence-corrected chi connectivity index (χ2v) is 7.16. The molecule has 0 aliphatic rings. The molecule has 0 radical (unpaired) electrons. The number of amides is 1. The number of esters is 1. The highest BCUT2D eigenvalue weighted by atomic mass is 35.5. The Morgan fingerprint density at radius 1 is 1.41 bits per heavy atom. The van der Waals surface area contributed by atoms with Gasteiger partial charge in [0.05, 0.1) is 17.4 Å². The number of thiophene rings is 1. The maximum Gasteiger partial charge on any atom is 0.316 e. The van der Waals surface area contributed by atoms with Gasteiger partial charge in [-0.2, -0.15) is 0 Å². The fraction of sp³-hybridized carbons (Fsp3) is 0.214. The number of ether oxygens (including phenoxy) is 1. The molecule has 1 N–H and O–H groups in total. The molecule has 0 fully saturated rings. The van der Waals surface area contributed by atoms with Crippen LogP contribution in [0.15, 0.2) is 24.3 Å². The summed E-state index contributed by atoms with van der Waals surface area (Å²) in [7, 11) is 0. The van der Waals surface area contributed by atoms with Crippen LogP contribution in [-0.2, 0) is 9.53 Å². The van der Waals surface area contributed by atoms with Crippen LogP contribution in [0.4, 0.5) is 0 Å². The second kappa shape index (κ2) is 7.92. The molecule has 0 saturated carbocycles. The average Bonchev–Trinajstić information content (AvgIpc) is 2.83. The number of thioether (sulfide) groups is 1. The van der Waals surface area contributed by atoms with Crippen LogP contribution in [0.1, 0.15) is 16.6 Å². The van der Waals surface area contributed by atoms with Crippen molar-refractivity contribution >= 4 is 73.2 Å². The van der Waals surface area contributed by atoms with E-state index < -0.39 is 0 Å². The first kappa shape index (κ1) is 17.2. The molecule has 0 spiro atoms. The quantitative estimate of drug-likeness (QED) is 0.651. The van der Waals surface area contributed by atoms with E-state index in [1.165, 1.54) is 11.3 Å². The van der Waals surface area contributed by atoms with E-state index in [4.69, 9.17) is 28.6 Å². The van der Waals surface area contributed by atoms with E-state index in [1.54, 1.807) is 6.92 Å². The largest absolute Gasteiger partial charge is 0.465 e. The third kappa shape index (κ3) is 4.19. The van der Waals surface area contributed by atoms with Gasteiger partial charge < -0.3 is 10.1 Å². The molecule has 0 atom stereocenters. The lowest BCUT2D eigenvalue weighted by molar-refractivity contribution is -0.139. The topological polar surface area (TPSA) is 55.4 Å². The van der Waals surface area contributed by atoms with E-state index in [-0.39, 0.29) is 21.9 Å². The second-order valence-electron chi connectivity index (χ2n) is 4.08. The zero-order valence-electron chi connectivity index (χ0n) is 11.6. The smallest absolute Gasteiger partial charge is 0.316 e. The van der Waals surface area contributed by atoms with Gasteiger partial charge in [0.15, 0.2) is 0 Å². The number of hydrogen-bond donors (Lipinski definition) is 1. The highest BCUT2D eigenvalue weighted by molar-refractivity contribution is 8.23. The van der Waals surface area contributed by atoms with Crippen LogP contribution in [-0.4, -0.2) is 28.6 Å². The Hall–Kier alpha value is -1.15. The monoisotopic (exact) mass is 373 g/mol. The molecule has 8 heteroatoms. The Morgan fingerprint density at radius 3 is 2.82 bits per heavy atom. The van der Waals surface area contributed by atoms with Crippen molar-refractivity contribution < 1.29 is 14.3 Å². The number of halogens is 1. The number of nitrogens with one attached hydrogen (secondary N) is 1. The summed E-state index contributed by atoms with van der Waals surface area (Å²) in [4.78, 5) is 23.9. The summed E-state index contributed by atoms with van der Waals surface area (Å²) in [6, 6.07) is 7.51. The molecule has 1 aromatic heterocycles. The SMILES string of the molecule is CCOC(=O)CSC(=S)NC(=O)c1sc2ccccc2c1Cl. The van der Waals surface area contributed by atoms with Gasteiger partial charge in [-0.1, -0.05) is 53.8 Å². The van der Waals surface area contributed by atoms with Crippen molar-refractivity contribution in [2.45, 2.75) is 6.92 Å². The third-order valence-corrected chi connectivity index (χ3v) is 5.46. The zero-order valence-corrected chi connectivity index (χ0v) is 14.8. The Labute approximate surface area is 146 Å². The average molecular weight is 374 g/mol. The number of benzene rings is 1. The van der Waals surface area contributed by atoms with Crippen LogP contribution < -0.4 is 5.32 Å². The number of carbonyl (C=O) groups is 2. The van der Waals surface area contributed by atoms with Crippen molar-refractivity contribution in [2.24, 2.45) is 0 Å². The summed E-state index contributed by atoms with van der Waals surface area (Å²) in [6.45, 7) is 2.04. The Morgan fingerprint density at radius 2 is 2.14 bits per heavy atom. The van der Waals surface area contributed by atoms with E-state index in [0.29, 0.717) is 16.5 Å². The zero-order chi connectivity index (χ0) is 16.1. The molecule has 0 aliphatic carbocycles. The standard InChI is InChI=1S/C14H12ClNO3S3/c1-2-19-10(17)7-21-14(20)16-13(18)12-11(15)8-5-3-4-6-9(8)22-12/h3-6H,2,7H2,1H3,(H,16,18,20). The van der Waals surface area contributed by atoms with Crippen molar-refractivity contribution in [3.8, 4) is 0 Å². The van der Waals surface area contributed by atoms with Gasteiger partial charge in [-0.3, -0.25) is 9.59 Å². The highest BCUT2D eigenvalue weighted by Gasteiger charge is 2.18. The van der Waals surface area contributed by atoms with Gasteiger partial charge >= 0.3 is 5.97 Å². The van der Waals surface area contributed by atoms with Crippen molar-refractivity contribution in [1.82, 2.24) is 5.32 Å². The van der Waals surface area contributed by atoms with Crippen molar-refractivity contribution in [3.05, 3.63) is 34.2 Å². The number of thiocarbonyl (C=S) groups is 1. The lowest BCUT2D eigenvalue weighted by Gasteiger charge is -2.05. The maximum absolute atomic E-state index is 12.2. The minimum atomic E-state index is -0.371. The maximum atomic E-state index is 12.2. The number of rotatable bonds is 4. The van der Waals surface area contributed by atoms with Crippen molar-refractivity contribution in [3.63, 3.8) is 0 Å². The summed E-state index contributed by atoms with van der Waals surface area (Å²) in [5.41, 5.74) is 0. The van der Waals surface area contributed by atoms with E-state index >= 15 is 0 Å². The first-order valence-corrected chi connectivity index (χ1v) is 8.92. The molecule has 2 aromatic rings. The Kier molecular flexibility index (Phi) is 6.19. The molecule has 1 heterocycles. The van der Waals surface area contributed by atoms with E-state index in [2.05, 4.69) is 5.32 Å². The minimum absolute atomic E-state index is 0.0626. The Balaban J connectivity index is 2.00. The van der Waals surface area contributed by atoms with Crippen LogP contribution >= 0.6 is 46.9 Å². The summed E-state index contributed by atoms with van der Waals surface area (Å²) < 4.78 is 5.94. The van der Waals surface area contributed by atoms with E-state index in [9.17, 15) is 9.59 Å². The first-order chi connectivity index (χ1) is 10.5. The molecule has 0 unspecified atom stereocenters. The molecule has 0 aliphatic heterocycles. The van der Waals surface area contributed by atoms with Gasteiger partial charge in [-0.25, -0.2) is 0 Å². The van der Waals surface area contributed by atoms with Gasteiger partial charge in [-0.15, -0.1) is 11.3 Å². The van der Waals surface area contributed by atoms with Gasteiger partial charge in [0.25, 0.3) is 5.91 Å². The van der Waals surface area contributed by atoms with Crippen LogP contribution in [0.25, 0.3) is 10.1 Å². The molecule has 1 aromatic carbocycles. The number of carbonyl (C=O) groups excluding carboxylic acids is 2. The summed E-state index contributed by atoms with van der Waals surface area (Å²) >= 11 is 13.6. The van der Waals surface area contributed by atoms with E-state index in [0.717, 1.165) is 21.8 Å². The van der Waals surface area contributed by atoms with Crippen LogP contribution in [0, 0.1) is 0 Å². The Bertz CT molecular complexity index is 729. The van der Waals surface area contributed by atoms with Gasteiger partial charge in [0.2, 0.25) is 0 Å². The van der Waals surface area contributed by atoms with Crippen molar-refractivity contribution in [1.29, 1.82) is 0 Å². The highest BCUT2D eigenvalue weighted by Crippen LogP contribution is 2.35. The van der Waals surface area contributed by atoms with Crippen LogP contribution in [0.3, 0.4) is 0 Å². The molecule has 22 heavy (non-hydrogen) atoms. The van der Waals surface area contributed by atoms with Crippen molar-refractivity contribution in [2.75, 3.05) is 12.4 Å². The van der Waals surface area contributed by atoms with Gasteiger partial charge in [-0.05, 0) is 13.0 Å². The predicted octanol–water partition coefficient (Wildman–Crippen LogP) is 3.87. The fourth-order valence-electron chi connectivity index (χ4n) is 1.67. The minimum Gasteiger partial charge on any atom is -0.465 e. The molecule has 2 rings (SSSR count).